The fourth-order valence-corrected chi connectivity index (χ4v) is 3.49. The number of urea groups is 1. The van der Waals surface area contributed by atoms with Gasteiger partial charge in [-0.2, -0.15) is 0 Å². The lowest BCUT2D eigenvalue weighted by Crippen LogP contribution is -2.45. The summed E-state index contributed by atoms with van der Waals surface area (Å²) in [6.45, 7) is 8.28. The van der Waals surface area contributed by atoms with Crippen molar-refractivity contribution in [2.24, 2.45) is 0 Å². The van der Waals surface area contributed by atoms with E-state index in [1.807, 2.05) is 60.4 Å². The average Bonchev–Trinajstić information content (AvgIpc) is 2.82. The van der Waals surface area contributed by atoms with Crippen molar-refractivity contribution in [2.45, 2.75) is 20.1 Å². The highest BCUT2D eigenvalue weighted by Gasteiger charge is 2.17. The molecule has 0 aromatic heterocycles. The summed E-state index contributed by atoms with van der Waals surface area (Å²) in [5.41, 5.74) is 2.08. The molecule has 0 bridgehead atoms. The molecular formula is C24H33N3O4. The molecule has 2 amide bonds. The van der Waals surface area contributed by atoms with Crippen molar-refractivity contribution in [1.82, 2.24) is 15.1 Å². The lowest BCUT2D eigenvalue weighted by atomic mass is 10.2. The molecule has 7 nitrogen and oxygen atoms in total. The van der Waals surface area contributed by atoms with Crippen molar-refractivity contribution in [1.29, 1.82) is 0 Å². The molecule has 1 heterocycles. The van der Waals surface area contributed by atoms with Crippen molar-refractivity contribution in [2.75, 3.05) is 53.0 Å². The molecule has 168 valence electrons. The Morgan fingerprint density at radius 3 is 2.58 bits per heavy atom. The first-order valence-electron chi connectivity index (χ1n) is 10.9. The number of nitrogens with zero attached hydrogens (tertiary/aromatic N) is 2. The number of benzene rings is 2. The Hall–Kier alpha value is -2.77. The van der Waals surface area contributed by atoms with E-state index in [-0.39, 0.29) is 6.03 Å². The molecule has 1 saturated heterocycles. The molecule has 0 spiro atoms. The van der Waals surface area contributed by atoms with Crippen molar-refractivity contribution >= 4 is 6.03 Å². The van der Waals surface area contributed by atoms with Crippen LogP contribution in [0.1, 0.15) is 18.1 Å². The molecule has 0 radical (unpaired) electrons. The highest BCUT2D eigenvalue weighted by Crippen LogP contribution is 2.29. The Labute approximate surface area is 184 Å². The number of carbonyl (C=O) groups excluding carboxylic acids is 1. The molecule has 1 N–H and O–H groups in total. The standard InChI is InChI=1S/C24H33N3O4/c1-3-25-24(28)27(12-11-26-13-15-30-16-14-26)18-21-9-10-22(29-2)23(17-21)31-19-20-7-5-4-6-8-20/h4-10,17H,3,11-16,18-19H2,1-2H3,(H,25,28). The summed E-state index contributed by atoms with van der Waals surface area (Å²) in [7, 11) is 1.63. The zero-order valence-corrected chi connectivity index (χ0v) is 18.5. The van der Waals surface area contributed by atoms with E-state index in [4.69, 9.17) is 14.2 Å². The number of morpholine rings is 1. The lowest BCUT2D eigenvalue weighted by molar-refractivity contribution is 0.0346. The Bertz CT molecular complexity index is 810. The second kappa shape index (κ2) is 12.2. The van der Waals surface area contributed by atoms with Gasteiger partial charge in [0.25, 0.3) is 0 Å². The van der Waals surface area contributed by atoms with Gasteiger partial charge in [0.15, 0.2) is 11.5 Å². The van der Waals surface area contributed by atoms with Crippen LogP contribution in [0.5, 0.6) is 11.5 Å². The summed E-state index contributed by atoms with van der Waals surface area (Å²) >= 11 is 0. The quantitative estimate of drug-likeness (QED) is 0.631. The third kappa shape index (κ3) is 7.15. The molecule has 1 fully saturated rings. The van der Waals surface area contributed by atoms with Crippen molar-refractivity contribution in [3.63, 3.8) is 0 Å². The maximum Gasteiger partial charge on any atom is 0.317 e. The number of hydrogen-bond donors (Lipinski definition) is 1. The number of nitrogens with one attached hydrogen (secondary N) is 1. The number of carbonyl (C=O) groups is 1. The van der Waals surface area contributed by atoms with Crippen LogP contribution in [0.25, 0.3) is 0 Å². The zero-order chi connectivity index (χ0) is 21.9. The van der Waals surface area contributed by atoms with Gasteiger partial charge >= 0.3 is 6.03 Å². The van der Waals surface area contributed by atoms with Crippen LogP contribution in [0.2, 0.25) is 0 Å². The van der Waals surface area contributed by atoms with Gasteiger partial charge in [-0.1, -0.05) is 36.4 Å². The van der Waals surface area contributed by atoms with Gasteiger partial charge in [0.2, 0.25) is 0 Å². The molecule has 3 rings (SSSR count). The number of ether oxygens (including phenoxy) is 3. The fourth-order valence-electron chi connectivity index (χ4n) is 3.49. The van der Waals surface area contributed by atoms with Gasteiger partial charge in [-0.25, -0.2) is 4.79 Å². The van der Waals surface area contributed by atoms with E-state index in [1.54, 1.807) is 7.11 Å². The minimum atomic E-state index is -0.0571. The lowest BCUT2D eigenvalue weighted by Gasteiger charge is -2.30. The molecule has 1 aliphatic heterocycles. The van der Waals surface area contributed by atoms with E-state index in [1.165, 1.54) is 0 Å². The molecular weight excluding hydrogens is 394 g/mol. The van der Waals surface area contributed by atoms with Gasteiger partial charge < -0.3 is 24.4 Å². The van der Waals surface area contributed by atoms with Gasteiger partial charge in [0.05, 0.1) is 20.3 Å². The smallest absolute Gasteiger partial charge is 0.317 e. The van der Waals surface area contributed by atoms with Gasteiger partial charge in [-0.3, -0.25) is 4.90 Å². The van der Waals surface area contributed by atoms with Crippen molar-refractivity contribution < 1.29 is 19.0 Å². The van der Waals surface area contributed by atoms with Gasteiger partial charge in [0.1, 0.15) is 6.61 Å². The zero-order valence-electron chi connectivity index (χ0n) is 18.5. The molecule has 0 aliphatic carbocycles. The molecule has 0 atom stereocenters. The van der Waals surface area contributed by atoms with Crippen LogP contribution in [0.4, 0.5) is 4.79 Å². The van der Waals surface area contributed by atoms with E-state index in [9.17, 15) is 4.79 Å². The van der Waals surface area contributed by atoms with Gasteiger partial charge in [-0.05, 0) is 30.2 Å². The number of rotatable bonds is 10. The monoisotopic (exact) mass is 427 g/mol. The summed E-state index contributed by atoms with van der Waals surface area (Å²) < 4.78 is 16.9. The highest BCUT2D eigenvalue weighted by molar-refractivity contribution is 5.74. The van der Waals surface area contributed by atoms with E-state index in [2.05, 4.69) is 10.2 Å². The van der Waals surface area contributed by atoms with Crippen molar-refractivity contribution in [3.05, 3.63) is 59.7 Å². The summed E-state index contributed by atoms with van der Waals surface area (Å²) in [5, 5.41) is 2.93. The first-order chi connectivity index (χ1) is 15.2. The maximum absolute atomic E-state index is 12.7. The van der Waals surface area contributed by atoms with Crippen LogP contribution in [0.15, 0.2) is 48.5 Å². The first kappa shape index (κ1) is 22.9. The van der Waals surface area contributed by atoms with E-state index in [0.717, 1.165) is 44.0 Å². The second-order valence-electron chi connectivity index (χ2n) is 7.47. The number of hydrogen-bond acceptors (Lipinski definition) is 5. The third-order valence-corrected chi connectivity index (χ3v) is 5.24. The maximum atomic E-state index is 12.7. The Morgan fingerprint density at radius 1 is 1.10 bits per heavy atom. The number of methoxy groups -OCH3 is 1. The SMILES string of the molecule is CCNC(=O)N(CCN1CCOCC1)Cc1ccc(OC)c(OCc2ccccc2)c1. The third-order valence-electron chi connectivity index (χ3n) is 5.24. The van der Waals surface area contributed by atoms with Crippen LogP contribution in [-0.2, 0) is 17.9 Å². The Kier molecular flexibility index (Phi) is 8.99. The number of amides is 2. The molecule has 2 aromatic rings. The van der Waals surface area contributed by atoms with Crippen LogP contribution in [-0.4, -0.2) is 68.9 Å². The molecule has 0 unspecified atom stereocenters. The molecule has 31 heavy (non-hydrogen) atoms. The van der Waals surface area contributed by atoms with E-state index >= 15 is 0 Å². The van der Waals surface area contributed by atoms with Gasteiger partial charge in [0, 0.05) is 39.3 Å². The Balaban J connectivity index is 1.67. The molecule has 1 aliphatic rings. The normalized spacial score (nSPS) is 14.1. The largest absolute Gasteiger partial charge is 0.493 e. The van der Waals surface area contributed by atoms with Crippen LogP contribution in [0.3, 0.4) is 0 Å². The highest BCUT2D eigenvalue weighted by atomic mass is 16.5. The fraction of sp³-hybridized carbons (Fsp3) is 0.458. The Morgan fingerprint density at radius 2 is 1.87 bits per heavy atom. The van der Waals surface area contributed by atoms with Crippen LogP contribution >= 0.6 is 0 Å². The van der Waals surface area contributed by atoms with Crippen LogP contribution in [0, 0.1) is 0 Å². The second-order valence-corrected chi connectivity index (χ2v) is 7.47. The predicted octanol–water partition coefficient (Wildman–Crippen LogP) is 3.14. The average molecular weight is 428 g/mol. The van der Waals surface area contributed by atoms with E-state index in [0.29, 0.717) is 37.7 Å². The minimum Gasteiger partial charge on any atom is -0.493 e. The minimum absolute atomic E-state index is 0.0571. The summed E-state index contributed by atoms with van der Waals surface area (Å²) in [5.74, 6) is 1.35. The van der Waals surface area contributed by atoms with Crippen LogP contribution < -0.4 is 14.8 Å². The predicted molar refractivity (Wildman–Crippen MR) is 121 cm³/mol. The van der Waals surface area contributed by atoms with Gasteiger partial charge in [-0.15, -0.1) is 0 Å². The molecule has 2 aromatic carbocycles. The summed E-state index contributed by atoms with van der Waals surface area (Å²) in [4.78, 5) is 16.8. The topological polar surface area (TPSA) is 63.3 Å². The summed E-state index contributed by atoms with van der Waals surface area (Å²) in [6, 6.07) is 15.8. The first-order valence-corrected chi connectivity index (χ1v) is 10.9. The molecule has 7 heteroatoms. The molecule has 0 saturated carbocycles. The summed E-state index contributed by atoms with van der Waals surface area (Å²) in [6.07, 6.45) is 0. The van der Waals surface area contributed by atoms with E-state index < -0.39 is 0 Å². The van der Waals surface area contributed by atoms with Crippen molar-refractivity contribution in [3.8, 4) is 11.5 Å².